The molecule has 8 nitrogen and oxygen atoms in total. The van der Waals surface area contributed by atoms with Crippen molar-refractivity contribution >= 4 is 23.9 Å². The molecule has 1 aliphatic carbocycles. The smallest absolute Gasteiger partial charge is 0.329 e. The lowest BCUT2D eigenvalue weighted by Gasteiger charge is -2.34. The zero-order valence-corrected chi connectivity index (χ0v) is 14.2. The number of nitrogens with zero attached hydrogens (tertiary/aromatic N) is 1. The van der Waals surface area contributed by atoms with E-state index in [9.17, 15) is 32.3 Å². The largest absolute Gasteiger partial charge is 0.405 e. The van der Waals surface area contributed by atoms with Crippen LogP contribution in [0.2, 0.25) is 0 Å². The molecule has 0 bridgehead atoms. The van der Waals surface area contributed by atoms with Gasteiger partial charge in [0, 0.05) is 0 Å². The number of amides is 6. The summed E-state index contributed by atoms with van der Waals surface area (Å²) in [4.78, 5) is 48.4. The first kappa shape index (κ1) is 20.0. The van der Waals surface area contributed by atoms with Crippen molar-refractivity contribution in [2.45, 2.75) is 50.7 Å². The summed E-state index contributed by atoms with van der Waals surface area (Å²) in [5, 5.41) is 5.75. The minimum absolute atomic E-state index is 0.0455. The third-order valence-corrected chi connectivity index (χ3v) is 4.73. The topological polar surface area (TPSA) is 108 Å². The number of halogens is 3. The fourth-order valence-corrected chi connectivity index (χ4v) is 3.35. The lowest BCUT2D eigenvalue weighted by Crippen LogP contribution is -2.52. The monoisotopic (exact) mass is 378 g/mol. The van der Waals surface area contributed by atoms with Gasteiger partial charge in [-0.15, -0.1) is 0 Å². The van der Waals surface area contributed by atoms with E-state index in [4.69, 9.17) is 0 Å². The Bertz CT molecular complexity index is 604. The molecular weight excluding hydrogens is 357 g/mol. The van der Waals surface area contributed by atoms with Crippen LogP contribution in [0.1, 0.15) is 39.0 Å². The van der Waals surface area contributed by atoms with Gasteiger partial charge in [0.25, 0.3) is 5.91 Å². The quantitative estimate of drug-likeness (QED) is 0.640. The normalized spacial score (nSPS) is 24.4. The molecule has 1 saturated carbocycles. The Hall–Kier alpha value is -2.33. The molecule has 3 N–H and O–H groups in total. The average molecular weight is 378 g/mol. The van der Waals surface area contributed by atoms with Crippen molar-refractivity contribution in [3.05, 3.63) is 0 Å². The Morgan fingerprint density at radius 1 is 1.23 bits per heavy atom. The van der Waals surface area contributed by atoms with Crippen molar-refractivity contribution in [1.82, 2.24) is 20.9 Å². The van der Waals surface area contributed by atoms with E-state index in [1.165, 1.54) is 5.32 Å². The van der Waals surface area contributed by atoms with Crippen LogP contribution in [0.25, 0.3) is 0 Å². The second-order valence-electron chi connectivity index (χ2n) is 6.70. The molecule has 1 atom stereocenters. The van der Waals surface area contributed by atoms with Crippen molar-refractivity contribution in [3.63, 3.8) is 0 Å². The molecule has 1 saturated heterocycles. The van der Waals surface area contributed by atoms with E-state index in [0.717, 1.165) is 32.1 Å². The first-order chi connectivity index (χ1) is 12.0. The number of nitrogens with one attached hydrogen (secondary N) is 3. The summed E-state index contributed by atoms with van der Waals surface area (Å²) in [5.41, 5.74) is -1.11. The molecule has 0 aromatic carbocycles. The minimum atomic E-state index is -4.62. The van der Waals surface area contributed by atoms with E-state index in [1.54, 1.807) is 12.2 Å². The molecule has 0 aromatic heterocycles. The van der Waals surface area contributed by atoms with Crippen molar-refractivity contribution in [3.8, 4) is 0 Å². The zero-order chi connectivity index (χ0) is 19.5. The van der Waals surface area contributed by atoms with Gasteiger partial charge in [-0.25, -0.2) is 9.59 Å². The molecule has 2 aliphatic rings. The first-order valence-electron chi connectivity index (χ1n) is 8.31. The van der Waals surface area contributed by atoms with Gasteiger partial charge in [-0.1, -0.05) is 19.3 Å². The van der Waals surface area contributed by atoms with Crippen LogP contribution in [0.3, 0.4) is 0 Å². The van der Waals surface area contributed by atoms with Gasteiger partial charge in [-0.3, -0.25) is 19.8 Å². The molecule has 146 valence electrons. The van der Waals surface area contributed by atoms with E-state index in [-0.39, 0.29) is 5.92 Å². The fourth-order valence-electron chi connectivity index (χ4n) is 3.35. The number of hydrogen-bond acceptors (Lipinski definition) is 4. The molecule has 0 unspecified atom stereocenters. The predicted molar refractivity (Wildman–Crippen MR) is 82.8 cm³/mol. The first-order valence-corrected chi connectivity index (χ1v) is 8.31. The third-order valence-electron chi connectivity index (χ3n) is 4.73. The van der Waals surface area contributed by atoms with Crippen LogP contribution in [0.5, 0.6) is 0 Å². The summed E-state index contributed by atoms with van der Waals surface area (Å²) in [6.07, 6.45) is -0.0990. The van der Waals surface area contributed by atoms with Gasteiger partial charge < -0.3 is 10.6 Å². The number of rotatable bonds is 4. The van der Waals surface area contributed by atoms with Gasteiger partial charge >= 0.3 is 18.2 Å². The summed E-state index contributed by atoms with van der Waals surface area (Å²) in [6.45, 7) is -0.738. The van der Waals surface area contributed by atoms with Gasteiger partial charge in [0.05, 0.1) is 0 Å². The van der Waals surface area contributed by atoms with Crippen molar-refractivity contribution in [2.24, 2.45) is 5.92 Å². The maximum Gasteiger partial charge on any atom is 0.405 e. The Kier molecular flexibility index (Phi) is 5.77. The average Bonchev–Trinajstić information content (AvgIpc) is 2.77. The Morgan fingerprint density at radius 3 is 2.42 bits per heavy atom. The SMILES string of the molecule is C[C@]1(C2CCCCC2)NC(=O)N(CC(=O)NC(=O)NCC(F)(F)F)C1=O. The number of hydrogen-bond donors (Lipinski definition) is 3. The number of urea groups is 2. The van der Waals surface area contributed by atoms with Crippen molar-refractivity contribution in [1.29, 1.82) is 0 Å². The van der Waals surface area contributed by atoms with Crippen molar-refractivity contribution < 1.29 is 32.3 Å². The highest BCUT2D eigenvalue weighted by atomic mass is 19.4. The summed E-state index contributed by atoms with van der Waals surface area (Å²) in [7, 11) is 0. The Morgan fingerprint density at radius 2 is 1.85 bits per heavy atom. The van der Waals surface area contributed by atoms with Gasteiger partial charge in [0.15, 0.2) is 0 Å². The van der Waals surface area contributed by atoms with Gasteiger partial charge in [-0.05, 0) is 25.7 Å². The van der Waals surface area contributed by atoms with Crippen LogP contribution in [0, 0.1) is 5.92 Å². The summed E-state index contributed by atoms with van der Waals surface area (Å²) < 4.78 is 36.0. The maximum absolute atomic E-state index is 12.6. The van der Waals surface area contributed by atoms with E-state index < -0.39 is 48.7 Å². The summed E-state index contributed by atoms with van der Waals surface area (Å²) >= 11 is 0. The highest BCUT2D eigenvalue weighted by molar-refractivity contribution is 6.09. The maximum atomic E-state index is 12.6. The van der Waals surface area contributed by atoms with Gasteiger partial charge in [-0.2, -0.15) is 13.2 Å². The number of carbonyl (C=O) groups is 4. The predicted octanol–water partition coefficient (Wildman–Crippen LogP) is 1.27. The van der Waals surface area contributed by atoms with E-state index in [1.807, 2.05) is 0 Å². The van der Waals surface area contributed by atoms with E-state index >= 15 is 0 Å². The molecule has 1 heterocycles. The molecule has 2 fully saturated rings. The van der Waals surface area contributed by atoms with Crippen LogP contribution in [-0.2, 0) is 9.59 Å². The fraction of sp³-hybridized carbons (Fsp3) is 0.733. The van der Waals surface area contributed by atoms with Crippen molar-refractivity contribution in [2.75, 3.05) is 13.1 Å². The Labute approximate surface area is 147 Å². The summed E-state index contributed by atoms with van der Waals surface area (Å²) in [5.74, 6) is -1.67. The lowest BCUT2D eigenvalue weighted by molar-refractivity contribution is -0.136. The molecule has 11 heteroatoms. The van der Waals surface area contributed by atoms with Gasteiger partial charge in [0.1, 0.15) is 18.6 Å². The molecule has 0 radical (unpaired) electrons. The standard InChI is InChI=1S/C15H21F3N4O4/c1-14(9-5-3-2-4-6-9)11(24)22(13(26)21-14)7-10(23)20-12(25)19-8-15(16,17)18/h9H,2-8H2,1H3,(H,21,26)(H2,19,20,23,25)/t14-/m1/s1. The number of carbonyl (C=O) groups excluding carboxylic acids is 4. The molecule has 26 heavy (non-hydrogen) atoms. The van der Waals surface area contributed by atoms with Crippen LogP contribution in [-0.4, -0.2) is 53.6 Å². The third kappa shape index (κ3) is 4.64. The zero-order valence-electron chi connectivity index (χ0n) is 14.2. The summed E-state index contributed by atoms with van der Waals surface area (Å²) in [6, 6.07) is -2.11. The molecule has 1 aliphatic heterocycles. The van der Waals surface area contributed by atoms with Gasteiger partial charge in [0.2, 0.25) is 5.91 Å². The molecule has 0 spiro atoms. The minimum Gasteiger partial charge on any atom is -0.329 e. The van der Waals surface area contributed by atoms with Crippen LogP contribution in [0.15, 0.2) is 0 Å². The second-order valence-corrected chi connectivity index (χ2v) is 6.70. The molecular formula is C15H21F3N4O4. The highest BCUT2D eigenvalue weighted by Gasteiger charge is 2.52. The second kappa shape index (κ2) is 7.50. The Balaban J connectivity index is 1.92. The van der Waals surface area contributed by atoms with E-state index in [0.29, 0.717) is 4.90 Å². The molecule has 0 aromatic rings. The number of alkyl halides is 3. The van der Waals surface area contributed by atoms with Crippen LogP contribution in [0.4, 0.5) is 22.8 Å². The lowest BCUT2D eigenvalue weighted by atomic mass is 9.75. The molecule has 2 rings (SSSR count). The molecule has 6 amide bonds. The van der Waals surface area contributed by atoms with E-state index in [2.05, 4.69) is 5.32 Å². The van der Waals surface area contributed by atoms with Crippen LogP contribution >= 0.6 is 0 Å². The van der Waals surface area contributed by atoms with Crippen LogP contribution < -0.4 is 16.0 Å². The highest BCUT2D eigenvalue weighted by Crippen LogP contribution is 2.36. The number of imide groups is 2.